The molecule has 0 saturated carbocycles. The molecule has 2 aliphatic rings. The van der Waals surface area contributed by atoms with Gasteiger partial charge in [0.1, 0.15) is 0 Å². The maximum atomic E-state index is 12.7. The van der Waals surface area contributed by atoms with Crippen LogP contribution in [-0.4, -0.2) is 111 Å². The molecule has 10 nitrogen and oxygen atoms in total. The van der Waals surface area contributed by atoms with Gasteiger partial charge in [-0.15, -0.1) is 0 Å². The van der Waals surface area contributed by atoms with Crippen molar-refractivity contribution in [2.75, 3.05) is 65.6 Å². The number of piperazine rings is 1. The number of hydrogen-bond acceptors (Lipinski definition) is 6. The summed E-state index contributed by atoms with van der Waals surface area (Å²) >= 11 is 0. The van der Waals surface area contributed by atoms with Gasteiger partial charge in [0, 0.05) is 58.8 Å². The Bertz CT molecular complexity index is 964. The number of nitrogens with zero attached hydrogens (tertiary/aromatic N) is 4. The lowest BCUT2D eigenvalue weighted by atomic mass is 10.1. The van der Waals surface area contributed by atoms with E-state index in [9.17, 15) is 22.8 Å². The van der Waals surface area contributed by atoms with Gasteiger partial charge in [0.05, 0.1) is 18.1 Å². The smallest absolute Gasteiger partial charge is 0.312 e. The summed E-state index contributed by atoms with van der Waals surface area (Å²) in [7, 11) is -3.50. The minimum absolute atomic E-state index is 0.0218. The predicted octanol–water partition coefficient (Wildman–Crippen LogP) is 0.179. The van der Waals surface area contributed by atoms with Crippen LogP contribution in [0.4, 0.5) is 0 Å². The van der Waals surface area contributed by atoms with Crippen LogP contribution < -0.4 is 0 Å². The molecule has 34 heavy (non-hydrogen) atoms. The first-order valence-electron chi connectivity index (χ1n) is 11.8. The summed E-state index contributed by atoms with van der Waals surface area (Å²) < 4.78 is 31.8. The van der Waals surface area contributed by atoms with Gasteiger partial charge in [0.2, 0.25) is 15.9 Å². The van der Waals surface area contributed by atoms with Gasteiger partial charge in [0.15, 0.2) is 0 Å². The quantitative estimate of drug-likeness (QED) is 0.501. The van der Waals surface area contributed by atoms with Crippen molar-refractivity contribution in [2.24, 2.45) is 0 Å². The van der Waals surface area contributed by atoms with Crippen LogP contribution in [0.2, 0.25) is 0 Å². The predicted molar refractivity (Wildman–Crippen MR) is 125 cm³/mol. The molecular formula is C23H34N4O6S. The minimum Gasteiger partial charge on any atom is -0.378 e. The highest BCUT2D eigenvalue weighted by atomic mass is 32.2. The van der Waals surface area contributed by atoms with E-state index in [4.69, 9.17) is 4.74 Å². The van der Waals surface area contributed by atoms with E-state index in [1.54, 1.807) is 43.0 Å². The number of ether oxygens (including phenoxy) is 1. The molecule has 2 saturated heterocycles. The lowest BCUT2D eigenvalue weighted by molar-refractivity contribution is -0.155. The number of carbonyl (C=O) groups is 3. The summed E-state index contributed by atoms with van der Waals surface area (Å²) in [5, 5.41) is 0. The van der Waals surface area contributed by atoms with Gasteiger partial charge in [-0.3, -0.25) is 14.4 Å². The molecular weight excluding hydrogens is 460 g/mol. The summed E-state index contributed by atoms with van der Waals surface area (Å²) in [6.07, 6.45) is 0.794. The molecule has 1 aromatic rings. The third-order valence-electron chi connectivity index (χ3n) is 6.29. The second kappa shape index (κ2) is 11.8. The Hall–Kier alpha value is -2.50. The summed E-state index contributed by atoms with van der Waals surface area (Å²) in [5.74, 6) is -1.05. The Morgan fingerprint density at radius 1 is 0.824 bits per heavy atom. The largest absolute Gasteiger partial charge is 0.378 e. The van der Waals surface area contributed by atoms with Gasteiger partial charge in [0.25, 0.3) is 0 Å². The molecule has 0 N–H and O–H groups in total. The van der Waals surface area contributed by atoms with Crippen LogP contribution in [0.5, 0.6) is 0 Å². The summed E-state index contributed by atoms with van der Waals surface area (Å²) in [4.78, 5) is 42.5. The number of hydrogen-bond donors (Lipinski definition) is 0. The highest BCUT2D eigenvalue weighted by Crippen LogP contribution is 2.17. The van der Waals surface area contributed by atoms with E-state index in [-0.39, 0.29) is 10.8 Å². The molecule has 1 aromatic carbocycles. The number of rotatable bonds is 7. The Labute approximate surface area is 201 Å². The Morgan fingerprint density at radius 3 is 1.85 bits per heavy atom. The molecule has 0 atom stereocenters. The first-order valence-corrected chi connectivity index (χ1v) is 13.2. The molecule has 0 bridgehead atoms. The molecule has 3 amide bonds. The zero-order chi connectivity index (χ0) is 24.7. The number of amides is 3. The topological polar surface area (TPSA) is 108 Å². The summed E-state index contributed by atoms with van der Waals surface area (Å²) in [5.41, 5.74) is 0.886. The highest BCUT2D eigenvalue weighted by molar-refractivity contribution is 7.89. The van der Waals surface area contributed by atoms with Crippen LogP contribution in [0.25, 0.3) is 0 Å². The van der Waals surface area contributed by atoms with Crippen LogP contribution in [0.15, 0.2) is 29.2 Å². The maximum absolute atomic E-state index is 12.7. The van der Waals surface area contributed by atoms with Gasteiger partial charge >= 0.3 is 11.8 Å². The number of aryl methyl sites for hydroxylation is 1. The third-order valence-corrected chi connectivity index (χ3v) is 8.36. The van der Waals surface area contributed by atoms with Gasteiger partial charge in [-0.2, -0.15) is 4.31 Å². The van der Waals surface area contributed by atoms with Crippen LogP contribution in [0, 0.1) is 0 Å². The molecule has 3 rings (SSSR count). The van der Waals surface area contributed by atoms with E-state index in [1.165, 1.54) is 14.1 Å². The average Bonchev–Trinajstić information content (AvgIpc) is 2.87. The molecule has 0 radical (unpaired) electrons. The molecule has 11 heteroatoms. The Morgan fingerprint density at radius 2 is 1.32 bits per heavy atom. The molecule has 0 unspecified atom stereocenters. The van der Waals surface area contributed by atoms with Crippen molar-refractivity contribution in [2.45, 2.75) is 31.6 Å². The van der Waals surface area contributed by atoms with Crippen molar-refractivity contribution < 1.29 is 27.5 Å². The third kappa shape index (κ3) is 6.13. The Kier molecular flexibility index (Phi) is 9.03. The van der Waals surface area contributed by atoms with Gasteiger partial charge in [-0.25, -0.2) is 8.42 Å². The van der Waals surface area contributed by atoms with Crippen molar-refractivity contribution in [1.29, 1.82) is 0 Å². The fourth-order valence-corrected chi connectivity index (χ4v) is 5.60. The molecule has 2 aliphatic heterocycles. The number of morpholine rings is 1. The minimum atomic E-state index is -3.50. The highest BCUT2D eigenvalue weighted by Gasteiger charge is 2.31. The Balaban J connectivity index is 1.46. The lowest BCUT2D eigenvalue weighted by Gasteiger charge is -2.36. The van der Waals surface area contributed by atoms with Crippen molar-refractivity contribution in [1.82, 2.24) is 19.0 Å². The fourth-order valence-electron chi connectivity index (χ4n) is 4.15. The van der Waals surface area contributed by atoms with Crippen LogP contribution in [0.1, 0.15) is 25.8 Å². The van der Waals surface area contributed by atoms with Crippen molar-refractivity contribution >= 4 is 27.7 Å². The zero-order valence-electron chi connectivity index (χ0n) is 19.9. The molecule has 0 aromatic heterocycles. The molecule has 188 valence electrons. The fraction of sp³-hybridized carbons (Fsp3) is 0.609. The van der Waals surface area contributed by atoms with E-state index >= 15 is 0 Å². The first-order chi connectivity index (χ1) is 16.3. The lowest BCUT2D eigenvalue weighted by Crippen LogP contribution is -2.55. The van der Waals surface area contributed by atoms with E-state index in [0.29, 0.717) is 78.4 Å². The van der Waals surface area contributed by atoms with Gasteiger partial charge in [-0.1, -0.05) is 26.0 Å². The summed E-state index contributed by atoms with van der Waals surface area (Å²) in [6.45, 7) is 7.60. The monoisotopic (exact) mass is 494 g/mol. The van der Waals surface area contributed by atoms with Crippen molar-refractivity contribution in [3.05, 3.63) is 29.8 Å². The first kappa shape index (κ1) is 26.1. The second-order valence-corrected chi connectivity index (χ2v) is 10.2. The van der Waals surface area contributed by atoms with Gasteiger partial charge in [-0.05, 0) is 24.1 Å². The van der Waals surface area contributed by atoms with Crippen molar-refractivity contribution in [3.63, 3.8) is 0 Å². The van der Waals surface area contributed by atoms with Crippen LogP contribution in [-0.2, 0) is 35.6 Å². The second-order valence-electron chi connectivity index (χ2n) is 8.31. The average molecular weight is 495 g/mol. The van der Waals surface area contributed by atoms with E-state index in [2.05, 4.69) is 0 Å². The standard InChI is InChI=1S/C23H34N4O6S/c1-3-27(4-2)34(31,32)20-8-5-19(6-9-20)7-10-21(28)24-11-13-25(14-12-24)22(29)23(30)26-15-17-33-18-16-26/h5-6,8-9H,3-4,7,10-18H2,1-2H3. The van der Waals surface area contributed by atoms with Crippen molar-refractivity contribution in [3.8, 4) is 0 Å². The van der Waals surface area contributed by atoms with E-state index in [0.717, 1.165) is 5.56 Å². The van der Waals surface area contributed by atoms with Crippen LogP contribution >= 0.6 is 0 Å². The SMILES string of the molecule is CCN(CC)S(=O)(=O)c1ccc(CCC(=O)N2CCN(C(=O)C(=O)N3CCOCC3)CC2)cc1. The van der Waals surface area contributed by atoms with E-state index < -0.39 is 21.8 Å². The van der Waals surface area contributed by atoms with Gasteiger partial charge < -0.3 is 19.4 Å². The normalized spacial score (nSPS) is 17.2. The number of sulfonamides is 1. The molecule has 0 spiro atoms. The molecule has 2 heterocycles. The number of benzene rings is 1. The maximum Gasteiger partial charge on any atom is 0.312 e. The summed E-state index contributed by atoms with van der Waals surface area (Å²) in [6, 6.07) is 6.67. The molecule has 2 fully saturated rings. The zero-order valence-corrected chi connectivity index (χ0v) is 20.8. The van der Waals surface area contributed by atoms with E-state index in [1.807, 2.05) is 0 Å². The number of carbonyl (C=O) groups excluding carboxylic acids is 3. The van der Waals surface area contributed by atoms with Crippen LogP contribution in [0.3, 0.4) is 0 Å². The molecule has 0 aliphatic carbocycles.